The van der Waals surface area contributed by atoms with Crippen molar-refractivity contribution in [1.29, 1.82) is 0 Å². The molecule has 2 aromatic carbocycles. The molecular weight excluding hydrogens is 376 g/mol. The summed E-state index contributed by atoms with van der Waals surface area (Å²) in [7, 11) is 0. The van der Waals surface area contributed by atoms with Crippen LogP contribution in [-0.2, 0) is 11.3 Å². The van der Waals surface area contributed by atoms with Crippen molar-refractivity contribution in [3.8, 4) is 0 Å². The average Bonchev–Trinajstić information content (AvgIpc) is 3.00. The molecule has 0 atom stereocenters. The minimum Gasteiger partial charge on any atom is -0.326 e. The van der Waals surface area contributed by atoms with Crippen molar-refractivity contribution in [2.75, 3.05) is 16.0 Å². The molecule has 8 heteroatoms. The van der Waals surface area contributed by atoms with Gasteiger partial charge in [-0.3, -0.25) is 9.59 Å². The van der Waals surface area contributed by atoms with Crippen LogP contribution >= 0.6 is 11.3 Å². The van der Waals surface area contributed by atoms with E-state index in [0.717, 1.165) is 17.0 Å². The second-order valence-corrected chi connectivity index (χ2v) is 6.94. The molecule has 0 radical (unpaired) electrons. The smallest absolute Gasteiger partial charge is 0.323 e. The van der Waals surface area contributed by atoms with Crippen molar-refractivity contribution < 1.29 is 9.59 Å². The number of carbonyl (C=O) groups is 2. The highest BCUT2D eigenvalue weighted by molar-refractivity contribution is 7.07. The molecule has 1 heterocycles. The van der Waals surface area contributed by atoms with Crippen LogP contribution in [0.1, 0.15) is 12.1 Å². The van der Waals surface area contributed by atoms with Crippen molar-refractivity contribution in [1.82, 2.24) is 4.57 Å². The lowest BCUT2D eigenvalue weighted by molar-refractivity contribution is -0.116. The number of rotatable bonds is 6. The third-order valence-corrected chi connectivity index (χ3v) is 4.88. The van der Waals surface area contributed by atoms with Gasteiger partial charge in [-0.15, -0.1) is 0 Å². The van der Waals surface area contributed by atoms with E-state index >= 15 is 0 Å². The summed E-state index contributed by atoms with van der Waals surface area (Å²) in [6, 6.07) is 15.6. The highest BCUT2D eigenvalue weighted by Crippen LogP contribution is 2.15. The molecule has 0 saturated heterocycles. The number of carbonyl (C=O) groups excluding carboxylic acids is 2. The molecule has 0 spiro atoms. The maximum atomic E-state index is 12.1. The fraction of sp³-hybridized carbons (Fsp3) is 0.150. The minimum atomic E-state index is -0.348. The third-order valence-electron chi connectivity index (χ3n) is 4.00. The molecule has 0 aliphatic heterocycles. The first-order valence-corrected chi connectivity index (χ1v) is 9.57. The lowest BCUT2D eigenvalue weighted by Crippen LogP contribution is -2.20. The number of hydrogen-bond acceptors (Lipinski definition) is 4. The average molecular weight is 396 g/mol. The fourth-order valence-corrected chi connectivity index (χ4v) is 3.32. The maximum Gasteiger partial charge on any atom is 0.323 e. The van der Waals surface area contributed by atoms with E-state index in [1.807, 2.05) is 25.1 Å². The van der Waals surface area contributed by atoms with Crippen LogP contribution in [0.3, 0.4) is 0 Å². The molecule has 0 aliphatic rings. The number of benzene rings is 2. The Hall–Kier alpha value is -3.39. The van der Waals surface area contributed by atoms with E-state index in [0.29, 0.717) is 23.6 Å². The van der Waals surface area contributed by atoms with Crippen LogP contribution in [0.15, 0.2) is 64.8 Å². The van der Waals surface area contributed by atoms with Crippen LogP contribution in [0.4, 0.5) is 21.9 Å². The number of urea groups is 1. The number of anilines is 3. The summed E-state index contributed by atoms with van der Waals surface area (Å²) in [6.45, 7) is 2.19. The number of nitrogens with zero attached hydrogens (tertiary/aromatic N) is 1. The van der Waals surface area contributed by atoms with E-state index in [-0.39, 0.29) is 23.2 Å². The van der Waals surface area contributed by atoms with Gasteiger partial charge in [-0.1, -0.05) is 29.5 Å². The van der Waals surface area contributed by atoms with E-state index in [1.54, 1.807) is 46.3 Å². The number of nitrogens with one attached hydrogen (secondary N) is 3. The second-order valence-electron chi connectivity index (χ2n) is 6.12. The van der Waals surface area contributed by atoms with E-state index in [4.69, 9.17) is 0 Å². The molecule has 0 saturated carbocycles. The fourth-order valence-electron chi connectivity index (χ4n) is 2.56. The molecule has 0 aliphatic carbocycles. The number of aryl methyl sites for hydroxylation is 1. The van der Waals surface area contributed by atoms with Gasteiger partial charge in [0.15, 0.2) is 0 Å². The molecule has 3 amide bonds. The summed E-state index contributed by atoms with van der Waals surface area (Å²) < 4.78 is 1.59. The van der Waals surface area contributed by atoms with Crippen LogP contribution < -0.4 is 20.8 Å². The predicted molar refractivity (Wildman–Crippen MR) is 112 cm³/mol. The summed E-state index contributed by atoms with van der Waals surface area (Å²) in [4.78, 5) is 35.7. The third kappa shape index (κ3) is 5.31. The van der Waals surface area contributed by atoms with Crippen LogP contribution in [0, 0.1) is 6.92 Å². The molecule has 3 rings (SSSR count). The second kappa shape index (κ2) is 9.01. The van der Waals surface area contributed by atoms with Gasteiger partial charge in [-0.25, -0.2) is 4.79 Å². The van der Waals surface area contributed by atoms with Crippen molar-refractivity contribution in [3.63, 3.8) is 0 Å². The van der Waals surface area contributed by atoms with Gasteiger partial charge in [0.05, 0.1) is 0 Å². The molecule has 3 N–H and O–H groups in total. The van der Waals surface area contributed by atoms with Gasteiger partial charge in [0.25, 0.3) is 0 Å². The maximum absolute atomic E-state index is 12.1. The molecule has 7 nitrogen and oxygen atoms in total. The highest BCUT2D eigenvalue weighted by atomic mass is 32.1. The SMILES string of the molecule is Cc1csc(=O)n1CCC(=O)Nc1ccc(NC(=O)Nc2ccccc2)cc1. The van der Waals surface area contributed by atoms with Gasteiger partial charge in [0, 0.05) is 41.1 Å². The topological polar surface area (TPSA) is 92.2 Å². The summed E-state index contributed by atoms with van der Waals surface area (Å²) in [5.74, 6) is -0.181. The van der Waals surface area contributed by atoms with E-state index < -0.39 is 0 Å². The highest BCUT2D eigenvalue weighted by Gasteiger charge is 2.07. The predicted octanol–water partition coefficient (Wildman–Crippen LogP) is 3.89. The molecule has 3 aromatic rings. The monoisotopic (exact) mass is 396 g/mol. The number of amides is 3. The zero-order valence-electron chi connectivity index (χ0n) is 15.3. The first kappa shape index (κ1) is 19.4. The molecule has 0 fully saturated rings. The zero-order chi connectivity index (χ0) is 19.9. The Kier molecular flexibility index (Phi) is 6.23. The quantitative estimate of drug-likeness (QED) is 0.590. The van der Waals surface area contributed by atoms with Crippen molar-refractivity contribution in [2.45, 2.75) is 19.9 Å². The first-order valence-electron chi connectivity index (χ1n) is 8.69. The summed E-state index contributed by atoms with van der Waals surface area (Å²) in [6.07, 6.45) is 0.205. The van der Waals surface area contributed by atoms with Gasteiger partial charge in [0.1, 0.15) is 0 Å². The molecule has 28 heavy (non-hydrogen) atoms. The van der Waals surface area contributed by atoms with Crippen molar-refractivity contribution in [3.05, 3.63) is 75.3 Å². The van der Waals surface area contributed by atoms with Gasteiger partial charge < -0.3 is 20.5 Å². The number of aromatic nitrogens is 1. The van der Waals surface area contributed by atoms with Crippen LogP contribution in [0.2, 0.25) is 0 Å². The number of hydrogen-bond donors (Lipinski definition) is 3. The van der Waals surface area contributed by atoms with Gasteiger partial charge >= 0.3 is 10.9 Å². The lowest BCUT2D eigenvalue weighted by Gasteiger charge is -2.09. The number of para-hydroxylation sites is 1. The Morgan fingerprint density at radius 2 is 1.46 bits per heavy atom. The Morgan fingerprint density at radius 3 is 2.04 bits per heavy atom. The molecule has 0 bridgehead atoms. The van der Waals surface area contributed by atoms with E-state index in [2.05, 4.69) is 16.0 Å². The molecule has 1 aromatic heterocycles. The van der Waals surface area contributed by atoms with Crippen molar-refractivity contribution in [2.24, 2.45) is 0 Å². The normalized spacial score (nSPS) is 10.3. The molecular formula is C20H20N4O3S. The zero-order valence-corrected chi connectivity index (χ0v) is 16.1. The van der Waals surface area contributed by atoms with E-state index in [9.17, 15) is 14.4 Å². The summed E-state index contributed by atoms with van der Waals surface area (Å²) >= 11 is 1.13. The van der Waals surface area contributed by atoms with Gasteiger partial charge in [-0.2, -0.15) is 0 Å². The lowest BCUT2D eigenvalue weighted by atomic mass is 10.2. The Balaban J connectivity index is 1.49. The van der Waals surface area contributed by atoms with Crippen LogP contribution in [0.25, 0.3) is 0 Å². The van der Waals surface area contributed by atoms with Crippen LogP contribution in [-0.4, -0.2) is 16.5 Å². The Bertz CT molecular complexity index is 1010. The van der Waals surface area contributed by atoms with Gasteiger partial charge in [-0.05, 0) is 43.3 Å². The molecule has 144 valence electrons. The Labute approximate surface area is 166 Å². The largest absolute Gasteiger partial charge is 0.326 e. The summed E-state index contributed by atoms with van der Waals surface area (Å²) in [5, 5.41) is 10.0. The van der Waals surface area contributed by atoms with E-state index in [1.165, 1.54) is 0 Å². The minimum absolute atomic E-state index is 0.0606. The molecule has 0 unspecified atom stereocenters. The first-order chi connectivity index (χ1) is 13.5. The standard InChI is InChI=1S/C20H20N4O3S/c1-14-13-28-20(27)24(14)12-11-18(25)21-16-7-9-17(10-8-16)23-19(26)22-15-5-3-2-4-6-15/h2-10,13H,11-12H2,1H3,(H,21,25)(H2,22,23,26). The van der Waals surface area contributed by atoms with Crippen LogP contribution in [0.5, 0.6) is 0 Å². The summed E-state index contributed by atoms with van der Waals surface area (Å²) in [5.41, 5.74) is 2.77. The Morgan fingerprint density at radius 1 is 0.893 bits per heavy atom. The van der Waals surface area contributed by atoms with Crippen molar-refractivity contribution >= 4 is 40.3 Å². The van der Waals surface area contributed by atoms with Gasteiger partial charge in [0.2, 0.25) is 5.91 Å². The number of thiazole rings is 1.